The standard InChI is InChI=1S/C41H46F4N6O5/c1-4-23(2)13-32(52)56-27-14-24-8-9-31(44)28-7-5-12-54-39(53)49-40(3)16-25(42)19-50(21-40)37-30-18-46-35(29(15-27)33(24)28)34(45)36(30)47-38(48-37)55-22-41-10-6-11-51(41)20-26(43)17-41/h8-9,14-15,18,23,25-26H,4-7,10-13,16-17,19-22H2,1-3H3,(H,49,53)/t23-,25+,26+,40+,41-/m0/s1. The monoisotopic (exact) mass is 778 g/mol. The SMILES string of the molecule is CC[C@H](C)CC(=O)Oc1cc2c3c(c(F)ccc3c1)CCCOC(=O)N[C@]1(C)C[C@@H](F)CN(C1)c1nc(OC[C@@]34CCCN3C[C@H](F)C4)nc3c(F)c-2ncc13. The zero-order valence-corrected chi connectivity index (χ0v) is 31.8. The van der Waals surface area contributed by atoms with Gasteiger partial charge in [0.05, 0.1) is 29.6 Å². The lowest BCUT2D eigenvalue weighted by Gasteiger charge is -2.42. The minimum atomic E-state index is -1.41. The summed E-state index contributed by atoms with van der Waals surface area (Å²) in [5, 5.41) is 3.78. The van der Waals surface area contributed by atoms with Crippen LogP contribution in [0.25, 0.3) is 32.9 Å². The number of rotatable bonds is 7. The molecule has 1 amide bonds. The fourth-order valence-electron chi connectivity index (χ4n) is 9.03. The molecule has 6 bridgehead atoms. The van der Waals surface area contributed by atoms with Gasteiger partial charge < -0.3 is 24.4 Å². The van der Waals surface area contributed by atoms with Crippen molar-refractivity contribution in [2.45, 2.75) is 95.6 Å². The second kappa shape index (κ2) is 14.9. The molecule has 3 fully saturated rings. The Kier molecular flexibility index (Phi) is 10.2. The summed E-state index contributed by atoms with van der Waals surface area (Å²) in [5.74, 6) is -1.57. The van der Waals surface area contributed by atoms with E-state index in [9.17, 15) is 14.0 Å². The molecule has 298 valence electrons. The molecule has 1 N–H and O–H groups in total. The molecular weight excluding hydrogens is 732 g/mol. The van der Waals surface area contributed by atoms with Gasteiger partial charge in [0.2, 0.25) is 0 Å². The number of ether oxygens (including phenoxy) is 3. The van der Waals surface area contributed by atoms with Gasteiger partial charge in [-0.3, -0.25) is 14.7 Å². The van der Waals surface area contributed by atoms with Gasteiger partial charge >= 0.3 is 18.1 Å². The zero-order chi connectivity index (χ0) is 39.4. The van der Waals surface area contributed by atoms with E-state index in [-0.39, 0.29) is 110 Å². The van der Waals surface area contributed by atoms with Crippen LogP contribution in [-0.2, 0) is 16.0 Å². The van der Waals surface area contributed by atoms with Gasteiger partial charge in [-0.1, -0.05) is 26.3 Å². The number of alkyl carbamates (subject to hydrolysis) is 1. The molecular formula is C41H46F4N6O5. The van der Waals surface area contributed by atoms with Crippen LogP contribution in [0.3, 0.4) is 0 Å². The Morgan fingerprint density at radius 2 is 1.95 bits per heavy atom. The molecule has 2 aromatic carbocycles. The van der Waals surface area contributed by atoms with Gasteiger partial charge in [-0.2, -0.15) is 9.97 Å². The fourth-order valence-corrected chi connectivity index (χ4v) is 9.03. The zero-order valence-electron chi connectivity index (χ0n) is 31.8. The van der Waals surface area contributed by atoms with Crippen molar-refractivity contribution in [3.63, 3.8) is 0 Å². The number of halogens is 4. The number of carbonyl (C=O) groups is 2. The molecule has 2 aromatic heterocycles. The number of pyridine rings is 1. The smallest absolute Gasteiger partial charge is 0.407 e. The second-order valence-electron chi connectivity index (χ2n) is 16.3. The average molecular weight is 779 g/mol. The van der Waals surface area contributed by atoms with Crippen LogP contribution in [0.15, 0.2) is 30.5 Å². The number of nitrogens with zero attached hydrogens (tertiary/aromatic N) is 5. The molecule has 5 aliphatic rings. The summed E-state index contributed by atoms with van der Waals surface area (Å²) in [4.78, 5) is 43.6. The third-order valence-electron chi connectivity index (χ3n) is 11.9. The summed E-state index contributed by atoms with van der Waals surface area (Å²) in [6, 6.07) is 5.70. The van der Waals surface area contributed by atoms with Crippen LogP contribution in [0.4, 0.5) is 28.2 Å². The number of esters is 1. The first kappa shape index (κ1) is 38.1. The van der Waals surface area contributed by atoms with Crippen molar-refractivity contribution < 1.29 is 41.4 Å². The molecule has 56 heavy (non-hydrogen) atoms. The summed E-state index contributed by atoms with van der Waals surface area (Å²) in [6.45, 7) is 6.59. The summed E-state index contributed by atoms with van der Waals surface area (Å²) in [7, 11) is 0. The van der Waals surface area contributed by atoms with Crippen LogP contribution in [0.2, 0.25) is 0 Å². The minimum Gasteiger partial charge on any atom is -0.461 e. The summed E-state index contributed by atoms with van der Waals surface area (Å²) >= 11 is 0. The molecule has 15 heteroatoms. The first-order valence-electron chi connectivity index (χ1n) is 19.5. The van der Waals surface area contributed by atoms with Crippen molar-refractivity contribution in [3.05, 3.63) is 47.7 Å². The van der Waals surface area contributed by atoms with Crippen LogP contribution in [0.5, 0.6) is 11.8 Å². The third kappa shape index (κ3) is 7.30. The van der Waals surface area contributed by atoms with E-state index in [1.54, 1.807) is 17.9 Å². The van der Waals surface area contributed by atoms with Crippen LogP contribution in [0.1, 0.15) is 71.3 Å². The molecule has 0 unspecified atom stereocenters. The van der Waals surface area contributed by atoms with Crippen LogP contribution < -0.4 is 19.7 Å². The highest BCUT2D eigenvalue weighted by Gasteiger charge is 2.49. The molecule has 0 saturated carbocycles. The number of carbonyl (C=O) groups excluding carboxylic acids is 2. The predicted molar refractivity (Wildman–Crippen MR) is 201 cm³/mol. The Bertz CT molecular complexity index is 2190. The second-order valence-corrected chi connectivity index (χ2v) is 16.3. The maximum Gasteiger partial charge on any atom is 0.407 e. The van der Waals surface area contributed by atoms with E-state index in [1.807, 2.05) is 13.8 Å². The molecule has 7 heterocycles. The van der Waals surface area contributed by atoms with Gasteiger partial charge in [0.15, 0.2) is 5.82 Å². The molecule has 4 aromatic rings. The van der Waals surface area contributed by atoms with E-state index >= 15 is 13.2 Å². The quantitative estimate of drug-likeness (QED) is 0.116. The average Bonchev–Trinajstić information content (AvgIpc) is 3.67. The first-order chi connectivity index (χ1) is 26.8. The first-order valence-corrected chi connectivity index (χ1v) is 19.5. The van der Waals surface area contributed by atoms with Crippen molar-refractivity contribution >= 4 is 39.6 Å². The Morgan fingerprint density at radius 3 is 2.77 bits per heavy atom. The number of hydrogen-bond donors (Lipinski definition) is 1. The lowest BCUT2D eigenvalue weighted by Crippen LogP contribution is -2.60. The van der Waals surface area contributed by atoms with Gasteiger partial charge in [0.25, 0.3) is 0 Å². The van der Waals surface area contributed by atoms with Gasteiger partial charge in [-0.15, -0.1) is 0 Å². The van der Waals surface area contributed by atoms with Gasteiger partial charge in [0.1, 0.15) is 47.5 Å². The van der Waals surface area contributed by atoms with Gasteiger partial charge in [-0.05, 0) is 79.6 Å². The number of aryl methyl sites for hydroxylation is 1. The molecule has 5 aliphatic heterocycles. The highest BCUT2D eigenvalue weighted by molar-refractivity contribution is 6.02. The molecule has 5 atom stereocenters. The van der Waals surface area contributed by atoms with Crippen LogP contribution in [-0.4, -0.2) is 94.7 Å². The number of benzene rings is 2. The third-order valence-corrected chi connectivity index (χ3v) is 11.9. The number of amides is 1. The normalized spacial score (nSPS) is 25.9. The maximum absolute atomic E-state index is 17.4. The van der Waals surface area contributed by atoms with E-state index in [0.717, 1.165) is 25.8 Å². The van der Waals surface area contributed by atoms with E-state index < -0.39 is 47.1 Å². The highest BCUT2D eigenvalue weighted by atomic mass is 19.1. The Labute approximate surface area is 322 Å². The van der Waals surface area contributed by atoms with Crippen molar-refractivity contribution in [1.82, 2.24) is 25.2 Å². The van der Waals surface area contributed by atoms with Gasteiger partial charge in [0, 0.05) is 44.1 Å². The fraction of sp³-hybridized carbons (Fsp3) is 0.537. The molecule has 9 rings (SSSR count). The Morgan fingerprint density at radius 1 is 1.12 bits per heavy atom. The summed E-state index contributed by atoms with van der Waals surface area (Å²) in [5.41, 5.74) is -1.67. The van der Waals surface area contributed by atoms with Crippen LogP contribution >= 0.6 is 0 Å². The number of piperidine rings is 1. The maximum atomic E-state index is 17.4. The molecule has 3 saturated heterocycles. The molecule has 0 radical (unpaired) electrons. The minimum absolute atomic E-state index is 0.0166. The lowest BCUT2D eigenvalue weighted by molar-refractivity contribution is -0.135. The number of fused-ring (bicyclic) bond motifs is 7. The largest absolute Gasteiger partial charge is 0.461 e. The van der Waals surface area contributed by atoms with Gasteiger partial charge in [-0.25, -0.2) is 22.4 Å². The number of nitrogens with one attached hydrogen (secondary N) is 1. The van der Waals surface area contributed by atoms with E-state index in [0.29, 0.717) is 17.3 Å². The van der Waals surface area contributed by atoms with E-state index in [2.05, 4.69) is 20.2 Å². The van der Waals surface area contributed by atoms with Crippen molar-refractivity contribution in [2.75, 3.05) is 44.3 Å². The number of hydrogen-bond acceptors (Lipinski definition) is 10. The van der Waals surface area contributed by atoms with Crippen LogP contribution in [0, 0.1) is 17.6 Å². The topological polar surface area (TPSA) is 119 Å². The molecule has 0 spiro atoms. The highest BCUT2D eigenvalue weighted by Crippen LogP contribution is 2.43. The lowest BCUT2D eigenvalue weighted by atomic mass is 9.90. The Balaban J connectivity index is 1.31. The van der Waals surface area contributed by atoms with Crippen molar-refractivity contribution in [1.29, 1.82) is 0 Å². The van der Waals surface area contributed by atoms with Crippen molar-refractivity contribution in [2.24, 2.45) is 5.92 Å². The summed E-state index contributed by atoms with van der Waals surface area (Å²) < 4.78 is 81.1. The van der Waals surface area contributed by atoms with Crippen molar-refractivity contribution in [3.8, 4) is 23.0 Å². The number of aromatic nitrogens is 3. The molecule has 0 aliphatic carbocycles. The summed E-state index contributed by atoms with van der Waals surface area (Å²) in [6.07, 6.45) is 1.34. The Hall–Kier alpha value is -4.79. The van der Waals surface area contributed by atoms with E-state index in [1.165, 1.54) is 24.4 Å². The molecule has 11 nitrogen and oxygen atoms in total. The predicted octanol–water partition coefficient (Wildman–Crippen LogP) is 7.40. The number of alkyl halides is 2. The van der Waals surface area contributed by atoms with E-state index in [4.69, 9.17) is 19.2 Å². The number of anilines is 1.